The highest BCUT2D eigenvalue weighted by Gasteiger charge is 2.55. The molecule has 4 atom stereocenters. The number of likely N-dealkylation sites (tertiary alicyclic amines) is 1. The Labute approximate surface area is 203 Å². The highest BCUT2D eigenvalue weighted by Crippen LogP contribution is 2.52. The van der Waals surface area contributed by atoms with Gasteiger partial charge in [-0.05, 0) is 47.7 Å². The van der Waals surface area contributed by atoms with Gasteiger partial charge in [-0.15, -0.1) is 0 Å². The van der Waals surface area contributed by atoms with Crippen molar-refractivity contribution in [2.75, 3.05) is 46.6 Å². The molecule has 3 aliphatic rings. The molecule has 2 aliphatic heterocycles. The summed E-state index contributed by atoms with van der Waals surface area (Å²) in [5.74, 6) is 4.56. The monoisotopic (exact) mass is 482 g/mol. The smallest absolute Gasteiger partial charge is 0.161 e. The molecule has 2 aromatic carbocycles. The Bertz CT molecular complexity index is 1210. The summed E-state index contributed by atoms with van der Waals surface area (Å²) in [5.41, 5.74) is 1.69. The van der Waals surface area contributed by atoms with E-state index in [0.717, 1.165) is 41.1 Å². The lowest BCUT2D eigenvalue weighted by Crippen LogP contribution is -2.30. The number of rotatable bonds is 7. The summed E-state index contributed by atoms with van der Waals surface area (Å²) < 4.78 is 22.8. The number of aromatic nitrogens is 1. The Morgan fingerprint density at radius 3 is 2.71 bits per heavy atom. The van der Waals surface area contributed by atoms with Crippen LogP contribution in [0.25, 0.3) is 10.9 Å². The largest absolute Gasteiger partial charge is 0.497 e. The molecule has 1 saturated heterocycles. The van der Waals surface area contributed by atoms with E-state index in [9.17, 15) is 5.11 Å². The second-order valence-electron chi connectivity index (χ2n) is 9.26. The highest BCUT2D eigenvalue weighted by atomic mass is 35.5. The van der Waals surface area contributed by atoms with E-state index in [1.807, 2.05) is 36.4 Å². The molecule has 2 unspecified atom stereocenters. The van der Waals surface area contributed by atoms with Gasteiger partial charge in [0.25, 0.3) is 0 Å². The van der Waals surface area contributed by atoms with Crippen LogP contribution >= 0.6 is 11.6 Å². The normalized spacial score (nSPS) is 24.0. The van der Waals surface area contributed by atoms with Crippen LogP contribution in [0.2, 0.25) is 5.02 Å². The third kappa shape index (κ3) is 4.02. The van der Waals surface area contributed by atoms with Gasteiger partial charge >= 0.3 is 0 Å². The molecule has 2 fully saturated rings. The molecule has 1 saturated carbocycles. The fourth-order valence-corrected chi connectivity index (χ4v) is 5.53. The summed E-state index contributed by atoms with van der Waals surface area (Å²) in [6.07, 6.45) is 1.08. The van der Waals surface area contributed by atoms with E-state index in [-0.39, 0.29) is 0 Å². The average Bonchev–Trinajstić information content (AvgIpc) is 3.32. The van der Waals surface area contributed by atoms with Crippen LogP contribution in [0.15, 0.2) is 42.6 Å². The zero-order chi connectivity index (χ0) is 23.2. The molecule has 1 N–H and O–H groups in total. The lowest BCUT2D eigenvalue weighted by Gasteiger charge is -2.24. The van der Waals surface area contributed by atoms with Crippen LogP contribution in [0, 0.1) is 17.8 Å². The van der Waals surface area contributed by atoms with Crippen molar-refractivity contribution in [3.8, 4) is 23.0 Å². The predicted molar refractivity (Wildman–Crippen MR) is 128 cm³/mol. The van der Waals surface area contributed by atoms with Crippen LogP contribution in [-0.2, 0) is 0 Å². The standard InChI is InChI=1S/C26H27ClN2O5/c1-31-16-3-4-22-17(9-16)26(21(27)10-28-22)34-14-20-18-11-29(12-19(18)20)13-23(30)15-2-5-24-25(8-15)33-7-6-32-24/h2-5,8-10,18-20,23,30H,6-7,11-14H2,1H3/t18-,19?,20+,23?/m0/s1. The van der Waals surface area contributed by atoms with E-state index in [1.54, 1.807) is 13.3 Å². The van der Waals surface area contributed by atoms with Crippen LogP contribution in [0.1, 0.15) is 11.7 Å². The number of halogens is 1. The lowest BCUT2D eigenvalue weighted by molar-refractivity contribution is 0.113. The number of ether oxygens (including phenoxy) is 4. The first-order valence-corrected chi connectivity index (χ1v) is 12.0. The Hall–Kier alpha value is -2.74. The summed E-state index contributed by atoms with van der Waals surface area (Å²) in [4.78, 5) is 6.73. The van der Waals surface area contributed by atoms with Gasteiger partial charge in [-0.2, -0.15) is 0 Å². The Balaban J connectivity index is 1.05. The van der Waals surface area contributed by atoms with E-state index in [4.69, 9.17) is 30.5 Å². The number of nitrogens with zero attached hydrogens (tertiary/aromatic N) is 2. The Morgan fingerprint density at radius 2 is 1.91 bits per heavy atom. The first kappa shape index (κ1) is 21.8. The van der Waals surface area contributed by atoms with Crippen molar-refractivity contribution in [3.63, 3.8) is 0 Å². The molecule has 178 valence electrons. The fraction of sp³-hybridized carbons (Fsp3) is 0.423. The van der Waals surface area contributed by atoms with Gasteiger partial charge in [-0.1, -0.05) is 17.7 Å². The van der Waals surface area contributed by atoms with Crippen molar-refractivity contribution in [2.45, 2.75) is 6.10 Å². The SMILES string of the molecule is COc1ccc2ncc(Cl)c(OC[C@H]3C4CN(CC(O)c5ccc6c(c5)OCCO6)C[C@@H]43)c2c1. The van der Waals surface area contributed by atoms with Crippen LogP contribution in [-0.4, -0.2) is 61.6 Å². The first-order chi connectivity index (χ1) is 16.6. The van der Waals surface area contributed by atoms with Gasteiger partial charge in [0.1, 0.15) is 29.7 Å². The fourth-order valence-electron chi connectivity index (χ4n) is 5.33. The van der Waals surface area contributed by atoms with E-state index in [0.29, 0.717) is 60.6 Å². The second-order valence-corrected chi connectivity index (χ2v) is 9.67. The number of hydrogen-bond donors (Lipinski definition) is 1. The van der Waals surface area contributed by atoms with Gasteiger partial charge < -0.3 is 24.1 Å². The molecule has 0 spiro atoms. The van der Waals surface area contributed by atoms with Gasteiger partial charge in [0.05, 0.1) is 25.3 Å². The Kier molecular flexibility index (Phi) is 5.63. The van der Waals surface area contributed by atoms with Gasteiger partial charge in [-0.25, -0.2) is 0 Å². The van der Waals surface area contributed by atoms with E-state index >= 15 is 0 Å². The summed E-state index contributed by atoms with van der Waals surface area (Å²) in [6.45, 7) is 4.29. The molecule has 1 aromatic heterocycles. The van der Waals surface area contributed by atoms with Crippen LogP contribution < -0.4 is 18.9 Å². The molecule has 0 amide bonds. The van der Waals surface area contributed by atoms with Gasteiger partial charge in [0.2, 0.25) is 0 Å². The summed E-state index contributed by atoms with van der Waals surface area (Å²) in [6, 6.07) is 11.4. The highest BCUT2D eigenvalue weighted by molar-refractivity contribution is 6.33. The van der Waals surface area contributed by atoms with Crippen molar-refractivity contribution in [3.05, 3.63) is 53.2 Å². The maximum absolute atomic E-state index is 10.8. The maximum atomic E-state index is 10.8. The zero-order valence-corrected chi connectivity index (χ0v) is 19.7. The minimum atomic E-state index is -0.556. The van der Waals surface area contributed by atoms with Crippen molar-refractivity contribution >= 4 is 22.5 Å². The minimum absolute atomic E-state index is 0.507. The predicted octanol–water partition coefficient (Wildman–Crippen LogP) is 3.96. The molecule has 1 aliphatic carbocycles. The maximum Gasteiger partial charge on any atom is 0.161 e. The van der Waals surface area contributed by atoms with Crippen molar-refractivity contribution in [1.29, 1.82) is 0 Å². The zero-order valence-electron chi connectivity index (χ0n) is 18.9. The van der Waals surface area contributed by atoms with E-state index in [2.05, 4.69) is 9.88 Å². The minimum Gasteiger partial charge on any atom is -0.497 e. The summed E-state index contributed by atoms with van der Waals surface area (Å²) in [5, 5.41) is 12.2. The van der Waals surface area contributed by atoms with Crippen molar-refractivity contribution < 1.29 is 24.1 Å². The number of pyridine rings is 1. The molecule has 34 heavy (non-hydrogen) atoms. The first-order valence-electron chi connectivity index (χ1n) is 11.7. The molecule has 8 heteroatoms. The molecule has 0 radical (unpaired) electrons. The number of benzene rings is 2. The molecule has 3 heterocycles. The van der Waals surface area contributed by atoms with Crippen molar-refractivity contribution in [1.82, 2.24) is 9.88 Å². The number of aliphatic hydroxyl groups excluding tert-OH is 1. The van der Waals surface area contributed by atoms with E-state index < -0.39 is 6.10 Å². The van der Waals surface area contributed by atoms with Gasteiger partial charge in [-0.3, -0.25) is 9.88 Å². The van der Waals surface area contributed by atoms with Crippen LogP contribution in [0.4, 0.5) is 0 Å². The summed E-state index contributed by atoms with van der Waals surface area (Å²) in [7, 11) is 1.64. The second kappa shape index (κ2) is 8.80. The van der Waals surface area contributed by atoms with Gasteiger partial charge in [0.15, 0.2) is 11.5 Å². The van der Waals surface area contributed by atoms with Crippen LogP contribution in [0.3, 0.4) is 0 Å². The molecule has 6 rings (SSSR count). The van der Waals surface area contributed by atoms with Gasteiger partial charge in [0, 0.05) is 37.1 Å². The average molecular weight is 483 g/mol. The molecule has 0 bridgehead atoms. The molecule has 3 aromatic rings. The molecular formula is C26H27ClN2O5. The van der Waals surface area contributed by atoms with Crippen molar-refractivity contribution in [2.24, 2.45) is 17.8 Å². The number of piperidine rings is 1. The number of aliphatic hydroxyl groups is 1. The number of β-amino-alcohol motifs (C(OH)–C–C–N with tert-alkyl or cyclic N) is 1. The Morgan fingerprint density at radius 1 is 1.12 bits per heavy atom. The number of methoxy groups -OCH3 is 1. The number of hydrogen-bond acceptors (Lipinski definition) is 7. The molecular weight excluding hydrogens is 456 g/mol. The lowest BCUT2D eigenvalue weighted by atomic mass is 10.1. The third-order valence-electron chi connectivity index (χ3n) is 7.23. The third-order valence-corrected chi connectivity index (χ3v) is 7.50. The topological polar surface area (TPSA) is 73.3 Å². The summed E-state index contributed by atoms with van der Waals surface area (Å²) >= 11 is 6.43. The van der Waals surface area contributed by atoms with Crippen LogP contribution in [0.5, 0.6) is 23.0 Å². The number of fused-ring (bicyclic) bond motifs is 3. The quantitative estimate of drug-likeness (QED) is 0.546. The van der Waals surface area contributed by atoms with E-state index in [1.165, 1.54) is 0 Å². The molecule has 7 nitrogen and oxygen atoms in total.